The predicted octanol–water partition coefficient (Wildman–Crippen LogP) is 2.69. The van der Waals surface area contributed by atoms with E-state index in [-0.39, 0.29) is 0 Å². The van der Waals surface area contributed by atoms with Gasteiger partial charge in [0.05, 0.1) is 5.69 Å². The zero-order valence-corrected chi connectivity index (χ0v) is 10.6. The van der Waals surface area contributed by atoms with Crippen molar-refractivity contribution in [3.8, 4) is 11.6 Å². The topological polar surface area (TPSA) is 52.5 Å². The van der Waals surface area contributed by atoms with Crippen LogP contribution in [0.1, 0.15) is 5.69 Å². The van der Waals surface area contributed by atoms with Crippen LogP contribution in [0, 0.1) is 0 Å². The van der Waals surface area contributed by atoms with Gasteiger partial charge in [0.1, 0.15) is 5.75 Å². The third-order valence-corrected chi connectivity index (χ3v) is 3.42. The zero-order chi connectivity index (χ0) is 12.4. The molecule has 0 saturated heterocycles. The fraction of sp³-hybridized carbons (Fsp3) is 0.154. The number of hydrogen-bond acceptors (Lipinski definition) is 4. The quantitative estimate of drug-likeness (QED) is 0.783. The van der Waals surface area contributed by atoms with Crippen molar-refractivity contribution in [2.24, 2.45) is 5.73 Å². The van der Waals surface area contributed by atoms with E-state index < -0.39 is 0 Å². The van der Waals surface area contributed by atoms with Gasteiger partial charge < -0.3 is 10.5 Å². The average Bonchev–Trinajstić information content (AvgIpc) is 2.95. The summed E-state index contributed by atoms with van der Waals surface area (Å²) in [6, 6.07) is 9.67. The summed E-state index contributed by atoms with van der Waals surface area (Å²) < 4.78 is 7.86. The van der Waals surface area contributed by atoms with E-state index in [1.54, 1.807) is 11.3 Å². The van der Waals surface area contributed by atoms with Crippen LogP contribution in [-0.4, -0.2) is 15.9 Å². The minimum absolute atomic E-state index is 0.578. The summed E-state index contributed by atoms with van der Waals surface area (Å²) in [5, 5.41) is 2.01. The molecule has 2 aromatic heterocycles. The molecule has 0 aliphatic heterocycles. The monoisotopic (exact) mass is 259 g/mol. The summed E-state index contributed by atoms with van der Waals surface area (Å²) in [4.78, 5) is 5.42. The van der Waals surface area contributed by atoms with Gasteiger partial charge in [-0.1, -0.05) is 18.2 Å². The van der Waals surface area contributed by atoms with E-state index in [0.717, 1.165) is 22.8 Å². The van der Waals surface area contributed by atoms with Gasteiger partial charge in [0.25, 0.3) is 0 Å². The van der Waals surface area contributed by atoms with Crippen molar-refractivity contribution in [3.63, 3.8) is 0 Å². The number of fused-ring (bicyclic) bond motifs is 1. The Kier molecular flexibility index (Phi) is 3.00. The second kappa shape index (κ2) is 4.80. The molecule has 3 rings (SSSR count). The molecule has 0 atom stereocenters. The highest BCUT2D eigenvalue weighted by atomic mass is 32.1. The molecule has 0 unspecified atom stereocenters. The van der Waals surface area contributed by atoms with Gasteiger partial charge in [-0.15, -0.1) is 11.3 Å². The molecule has 0 fully saturated rings. The molecule has 5 heteroatoms. The van der Waals surface area contributed by atoms with Crippen LogP contribution < -0.4 is 10.5 Å². The maximum Gasteiger partial charge on any atom is 0.242 e. The second-order valence-electron chi connectivity index (χ2n) is 3.87. The minimum atomic E-state index is 0.578. The van der Waals surface area contributed by atoms with Crippen molar-refractivity contribution in [2.75, 3.05) is 6.54 Å². The first kappa shape index (κ1) is 11.3. The van der Waals surface area contributed by atoms with Crippen molar-refractivity contribution < 1.29 is 4.74 Å². The normalized spacial score (nSPS) is 10.9. The Hall–Kier alpha value is -1.85. The Balaban J connectivity index is 2.00. The smallest absolute Gasteiger partial charge is 0.242 e. The molecule has 0 spiro atoms. The van der Waals surface area contributed by atoms with Crippen LogP contribution in [-0.2, 0) is 6.42 Å². The molecule has 92 valence electrons. The average molecular weight is 259 g/mol. The first-order valence-electron chi connectivity index (χ1n) is 5.76. The molecule has 18 heavy (non-hydrogen) atoms. The molecule has 0 amide bonds. The maximum atomic E-state index is 5.82. The highest BCUT2D eigenvalue weighted by molar-refractivity contribution is 7.15. The van der Waals surface area contributed by atoms with E-state index in [0.29, 0.717) is 12.4 Å². The van der Waals surface area contributed by atoms with Crippen LogP contribution >= 0.6 is 11.3 Å². The maximum absolute atomic E-state index is 5.82. The van der Waals surface area contributed by atoms with Crippen molar-refractivity contribution in [3.05, 3.63) is 47.6 Å². The first-order valence-corrected chi connectivity index (χ1v) is 6.64. The van der Waals surface area contributed by atoms with Crippen molar-refractivity contribution in [2.45, 2.75) is 6.42 Å². The van der Waals surface area contributed by atoms with E-state index in [4.69, 9.17) is 10.5 Å². The Labute approximate surface area is 109 Å². The highest BCUT2D eigenvalue weighted by Crippen LogP contribution is 2.27. The Morgan fingerprint density at radius 2 is 2.11 bits per heavy atom. The number of para-hydroxylation sites is 1. The van der Waals surface area contributed by atoms with E-state index >= 15 is 0 Å². The lowest BCUT2D eigenvalue weighted by atomic mass is 10.3. The molecule has 3 aromatic rings. The number of imidazole rings is 1. The molecular formula is C13H13N3OS. The fourth-order valence-electron chi connectivity index (χ4n) is 1.86. The third-order valence-electron chi connectivity index (χ3n) is 2.66. The van der Waals surface area contributed by atoms with Crippen LogP contribution in [0.5, 0.6) is 11.6 Å². The Bertz CT molecular complexity index is 645. The summed E-state index contributed by atoms with van der Waals surface area (Å²) in [7, 11) is 0. The van der Waals surface area contributed by atoms with Crippen LogP contribution in [0.2, 0.25) is 0 Å². The number of aromatic nitrogens is 2. The van der Waals surface area contributed by atoms with Gasteiger partial charge in [-0.05, 0) is 18.7 Å². The summed E-state index contributed by atoms with van der Waals surface area (Å²) in [5.41, 5.74) is 6.67. The molecule has 1 aromatic carbocycles. The summed E-state index contributed by atoms with van der Waals surface area (Å²) in [6.45, 7) is 0.578. The Morgan fingerprint density at radius 1 is 1.28 bits per heavy atom. The number of benzene rings is 1. The highest BCUT2D eigenvalue weighted by Gasteiger charge is 2.14. The number of thiazole rings is 1. The van der Waals surface area contributed by atoms with Gasteiger partial charge in [0.15, 0.2) is 4.96 Å². The first-order chi connectivity index (χ1) is 8.88. The van der Waals surface area contributed by atoms with Gasteiger partial charge in [0, 0.05) is 18.0 Å². The van der Waals surface area contributed by atoms with Gasteiger partial charge in [-0.3, -0.25) is 4.40 Å². The number of nitrogens with zero attached hydrogens (tertiary/aromatic N) is 2. The molecule has 2 heterocycles. The molecular weight excluding hydrogens is 246 g/mol. The zero-order valence-electron chi connectivity index (χ0n) is 9.74. The third kappa shape index (κ3) is 1.98. The predicted molar refractivity (Wildman–Crippen MR) is 72.3 cm³/mol. The Morgan fingerprint density at radius 3 is 2.89 bits per heavy atom. The number of ether oxygens (including phenoxy) is 1. The van der Waals surface area contributed by atoms with E-state index in [1.807, 2.05) is 46.3 Å². The standard InChI is InChI=1S/C13H13N3OS/c14-7-6-11-12(15-13-16(11)8-9-18-13)17-10-4-2-1-3-5-10/h1-5,8-9H,6-7,14H2. The summed E-state index contributed by atoms with van der Waals surface area (Å²) in [5.74, 6) is 1.44. The lowest BCUT2D eigenvalue weighted by molar-refractivity contribution is 0.459. The van der Waals surface area contributed by atoms with Crippen LogP contribution in [0.4, 0.5) is 0 Å². The second-order valence-corrected chi connectivity index (χ2v) is 4.75. The lowest BCUT2D eigenvalue weighted by Gasteiger charge is -2.04. The number of rotatable bonds is 4. The molecule has 0 saturated carbocycles. The van der Waals surface area contributed by atoms with E-state index in [9.17, 15) is 0 Å². The molecule has 4 nitrogen and oxygen atoms in total. The minimum Gasteiger partial charge on any atom is -0.437 e. The summed E-state index contributed by atoms with van der Waals surface area (Å²) >= 11 is 1.59. The molecule has 0 radical (unpaired) electrons. The van der Waals surface area contributed by atoms with Gasteiger partial charge in [-0.25, -0.2) is 0 Å². The molecule has 0 bridgehead atoms. The fourth-order valence-corrected chi connectivity index (χ4v) is 2.58. The van der Waals surface area contributed by atoms with Crippen molar-refractivity contribution >= 4 is 16.3 Å². The number of hydrogen-bond donors (Lipinski definition) is 1. The van der Waals surface area contributed by atoms with Gasteiger partial charge in [0.2, 0.25) is 5.88 Å². The van der Waals surface area contributed by atoms with Crippen LogP contribution in [0.15, 0.2) is 41.9 Å². The van der Waals surface area contributed by atoms with Crippen molar-refractivity contribution in [1.82, 2.24) is 9.38 Å². The van der Waals surface area contributed by atoms with E-state index in [2.05, 4.69) is 4.98 Å². The van der Waals surface area contributed by atoms with Crippen LogP contribution in [0.3, 0.4) is 0 Å². The van der Waals surface area contributed by atoms with Crippen molar-refractivity contribution in [1.29, 1.82) is 0 Å². The van der Waals surface area contributed by atoms with E-state index in [1.165, 1.54) is 0 Å². The largest absolute Gasteiger partial charge is 0.437 e. The SMILES string of the molecule is NCCc1c(Oc2ccccc2)nc2sccn12. The molecule has 0 aliphatic rings. The molecule has 2 N–H and O–H groups in total. The lowest BCUT2D eigenvalue weighted by Crippen LogP contribution is -2.05. The van der Waals surface area contributed by atoms with Gasteiger partial charge in [-0.2, -0.15) is 4.98 Å². The van der Waals surface area contributed by atoms with Gasteiger partial charge >= 0.3 is 0 Å². The summed E-state index contributed by atoms with van der Waals surface area (Å²) in [6.07, 6.45) is 2.75. The number of nitrogens with two attached hydrogens (primary N) is 1. The molecule has 0 aliphatic carbocycles. The van der Waals surface area contributed by atoms with Crippen LogP contribution in [0.25, 0.3) is 4.96 Å².